The first-order valence-corrected chi connectivity index (χ1v) is 11.0. The number of sulfone groups is 1. The number of halogens is 6. The molecule has 0 radical (unpaired) electrons. The molecule has 2 heterocycles. The van der Waals surface area contributed by atoms with Crippen LogP contribution in [0.5, 0.6) is 0 Å². The fraction of sp³-hybridized carbons (Fsp3) is 0.444. The van der Waals surface area contributed by atoms with Crippen molar-refractivity contribution < 1.29 is 44.7 Å². The van der Waals surface area contributed by atoms with E-state index in [-0.39, 0.29) is 25.9 Å². The lowest BCUT2D eigenvalue weighted by Crippen LogP contribution is -2.42. The highest BCUT2D eigenvalue weighted by Gasteiger charge is 2.46. The van der Waals surface area contributed by atoms with Crippen molar-refractivity contribution in [2.75, 3.05) is 12.8 Å². The van der Waals surface area contributed by atoms with E-state index in [4.69, 9.17) is 0 Å². The number of hydrogen-bond acceptors (Lipinski definition) is 4. The van der Waals surface area contributed by atoms with Crippen LogP contribution >= 0.6 is 0 Å². The molecule has 0 spiro atoms. The summed E-state index contributed by atoms with van der Waals surface area (Å²) in [5.74, 6) is 0. The summed E-state index contributed by atoms with van der Waals surface area (Å²) < 4.78 is 104. The number of carboxylic acid groups (broad SMARTS) is 1. The predicted octanol–water partition coefficient (Wildman–Crippen LogP) is 3.99. The second kappa shape index (κ2) is 7.98. The van der Waals surface area contributed by atoms with Crippen LogP contribution in [-0.2, 0) is 35.2 Å². The normalized spacial score (nSPS) is 17.3. The van der Waals surface area contributed by atoms with Crippen molar-refractivity contribution >= 4 is 15.9 Å². The Morgan fingerprint density at radius 3 is 2.16 bits per heavy atom. The van der Waals surface area contributed by atoms with Gasteiger partial charge in [-0.05, 0) is 30.5 Å². The molecular formula is C18H17F6N3O4S. The molecule has 0 saturated heterocycles. The molecule has 32 heavy (non-hydrogen) atoms. The third kappa shape index (κ3) is 4.69. The van der Waals surface area contributed by atoms with Crippen molar-refractivity contribution in [3.05, 3.63) is 46.8 Å². The number of benzene rings is 1. The predicted molar refractivity (Wildman–Crippen MR) is 97.6 cm³/mol. The van der Waals surface area contributed by atoms with Gasteiger partial charge in [-0.3, -0.25) is 4.90 Å². The number of aryl methyl sites for hydroxylation is 1. The topological polar surface area (TPSA) is 92.5 Å². The molecular weight excluding hydrogens is 468 g/mol. The fourth-order valence-corrected chi connectivity index (χ4v) is 4.53. The van der Waals surface area contributed by atoms with E-state index in [1.165, 1.54) is 0 Å². The quantitative estimate of drug-likeness (QED) is 0.662. The summed E-state index contributed by atoms with van der Waals surface area (Å²) in [4.78, 5) is 15.7. The van der Waals surface area contributed by atoms with Crippen molar-refractivity contribution in [1.82, 2.24) is 14.5 Å². The minimum absolute atomic E-state index is 0.0523. The highest BCUT2D eigenvalue weighted by molar-refractivity contribution is 7.90. The Kier molecular flexibility index (Phi) is 5.95. The van der Waals surface area contributed by atoms with Crippen LogP contribution in [0.25, 0.3) is 0 Å². The van der Waals surface area contributed by atoms with Gasteiger partial charge in [0, 0.05) is 19.3 Å². The van der Waals surface area contributed by atoms with Gasteiger partial charge in [0.2, 0.25) is 15.0 Å². The van der Waals surface area contributed by atoms with E-state index < -0.39 is 56.4 Å². The number of carbonyl (C=O) groups is 1. The van der Waals surface area contributed by atoms with Gasteiger partial charge in [0.15, 0.2) is 5.69 Å². The van der Waals surface area contributed by atoms with Crippen molar-refractivity contribution in [3.8, 4) is 0 Å². The molecule has 176 valence electrons. The standard InChI is InChI=1S/C18H17F6N3O4S/c1-32(30,31)15-25-14(18(22,23)24)13-12(26(16(28)29)8-9-27(13)15)7-4-10-2-5-11(6-3-10)17(19,20)21/h2-3,5-6,12H,4,7-9H2,1H3,(H,28,29). The second-order valence-corrected chi connectivity index (χ2v) is 9.18. The Balaban J connectivity index is 2.03. The number of aromatic nitrogens is 2. The van der Waals surface area contributed by atoms with Crippen LogP contribution in [0.4, 0.5) is 31.1 Å². The molecule has 3 rings (SSSR count). The highest BCUT2D eigenvalue weighted by atomic mass is 32.2. The summed E-state index contributed by atoms with van der Waals surface area (Å²) >= 11 is 0. The number of fused-ring (bicyclic) bond motifs is 1. The summed E-state index contributed by atoms with van der Waals surface area (Å²) in [5, 5.41) is 8.67. The van der Waals surface area contributed by atoms with Crippen molar-refractivity contribution in [2.45, 2.75) is 42.9 Å². The SMILES string of the molecule is CS(=O)(=O)c1nc(C(F)(F)F)c2n1CCN(C(=O)O)C2CCc1ccc(C(F)(F)F)cc1. The third-order valence-corrected chi connectivity index (χ3v) is 6.04. The molecule has 1 N–H and O–H groups in total. The minimum atomic E-state index is -5.05. The number of amides is 1. The number of alkyl halides is 6. The second-order valence-electron chi connectivity index (χ2n) is 7.27. The Hall–Kier alpha value is -2.77. The number of rotatable bonds is 4. The van der Waals surface area contributed by atoms with Gasteiger partial charge in [-0.1, -0.05) is 12.1 Å². The van der Waals surface area contributed by atoms with Crippen LogP contribution in [-0.4, -0.2) is 46.9 Å². The summed E-state index contributed by atoms with van der Waals surface area (Å²) in [7, 11) is -4.15. The molecule has 1 aliphatic rings. The van der Waals surface area contributed by atoms with E-state index in [1.807, 2.05) is 0 Å². The summed E-state index contributed by atoms with van der Waals surface area (Å²) in [5.41, 5.74) is -2.65. The van der Waals surface area contributed by atoms with E-state index in [0.29, 0.717) is 11.8 Å². The Morgan fingerprint density at radius 2 is 1.69 bits per heavy atom. The van der Waals surface area contributed by atoms with Gasteiger partial charge in [0.25, 0.3) is 0 Å². The first kappa shape index (κ1) is 23.9. The van der Waals surface area contributed by atoms with E-state index in [1.54, 1.807) is 0 Å². The highest BCUT2D eigenvalue weighted by Crippen LogP contribution is 2.41. The van der Waals surface area contributed by atoms with Crippen molar-refractivity contribution in [3.63, 3.8) is 0 Å². The molecule has 0 fully saturated rings. The first-order chi connectivity index (χ1) is 14.6. The fourth-order valence-electron chi connectivity index (χ4n) is 3.69. The molecule has 0 saturated carbocycles. The maximum absolute atomic E-state index is 13.7. The first-order valence-electron chi connectivity index (χ1n) is 9.14. The maximum atomic E-state index is 13.7. The molecule has 1 aromatic carbocycles. The van der Waals surface area contributed by atoms with Crippen molar-refractivity contribution in [1.29, 1.82) is 0 Å². The van der Waals surface area contributed by atoms with Gasteiger partial charge in [-0.2, -0.15) is 26.3 Å². The van der Waals surface area contributed by atoms with Gasteiger partial charge in [-0.15, -0.1) is 0 Å². The summed E-state index contributed by atoms with van der Waals surface area (Å²) in [6.07, 6.45) is -10.7. The summed E-state index contributed by atoms with van der Waals surface area (Å²) in [6.45, 7) is -0.625. The smallest absolute Gasteiger partial charge is 0.435 e. The zero-order valence-electron chi connectivity index (χ0n) is 16.4. The minimum Gasteiger partial charge on any atom is -0.465 e. The molecule has 1 unspecified atom stereocenters. The molecule has 1 aliphatic heterocycles. The molecule has 7 nitrogen and oxygen atoms in total. The molecule has 0 aliphatic carbocycles. The zero-order valence-corrected chi connectivity index (χ0v) is 17.2. The van der Waals surface area contributed by atoms with Crippen LogP contribution in [0.3, 0.4) is 0 Å². The van der Waals surface area contributed by atoms with Crippen LogP contribution in [0, 0.1) is 0 Å². The average molecular weight is 485 g/mol. The van der Waals surface area contributed by atoms with Gasteiger partial charge >= 0.3 is 18.4 Å². The van der Waals surface area contributed by atoms with Crippen molar-refractivity contribution in [2.24, 2.45) is 0 Å². The lowest BCUT2D eigenvalue weighted by Gasteiger charge is -2.35. The van der Waals surface area contributed by atoms with E-state index in [2.05, 4.69) is 4.98 Å². The number of nitrogens with zero attached hydrogens (tertiary/aromatic N) is 3. The molecule has 1 atom stereocenters. The van der Waals surface area contributed by atoms with Gasteiger partial charge in [0.1, 0.15) is 0 Å². The van der Waals surface area contributed by atoms with Crippen LogP contribution in [0.1, 0.15) is 35.0 Å². The lowest BCUT2D eigenvalue weighted by molar-refractivity contribution is -0.142. The Bertz CT molecular complexity index is 1120. The van der Waals surface area contributed by atoms with Crippen LogP contribution in [0.15, 0.2) is 29.4 Å². The Labute approximate surface area is 178 Å². The Morgan fingerprint density at radius 1 is 1.09 bits per heavy atom. The molecule has 0 bridgehead atoms. The summed E-state index contributed by atoms with van der Waals surface area (Å²) in [6, 6.07) is 2.54. The van der Waals surface area contributed by atoms with E-state index >= 15 is 0 Å². The van der Waals surface area contributed by atoms with Gasteiger partial charge < -0.3 is 9.67 Å². The average Bonchev–Trinajstić information content (AvgIpc) is 3.06. The zero-order chi connectivity index (χ0) is 24.1. The molecule has 1 aromatic heterocycles. The molecule has 2 aromatic rings. The number of imidazole rings is 1. The van der Waals surface area contributed by atoms with Crippen LogP contribution < -0.4 is 0 Å². The third-order valence-electron chi connectivity index (χ3n) is 5.06. The molecule has 14 heteroatoms. The number of hydrogen-bond donors (Lipinski definition) is 1. The maximum Gasteiger partial charge on any atom is 0.435 e. The van der Waals surface area contributed by atoms with Gasteiger partial charge in [0.05, 0.1) is 17.3 Å². The monoisotopic (exact) mass is 485 g/mol. The lowest BCUT2D eigenvalue weighted by atomic mass is 9.98. The molecule has 1 amide bonds. The largest absolute Gasteiger partial charge is 0.465 e. The van der Waals surface area contributed by atoms with Gasteiger partial charge in [-0.25, -0.2) is 18.2 Å². The van der Waals surface area contributed by atoms with Crippen LogP contribution in [0.2, 0.25) is 0 Å². The van der Waals surface area contributed by atoms with E-state index in [9.17, 15) is 44.7 Å². The van der Waals surface area contributed by atoms with E-state index in [0.717, 1.165) is 33.7 Å².